The predicted octanol–water partition coefficient (Wildman–Crippen LogP) is 5.37. The van der Waals surface area contributed by atoms with Crippen molar-refractivity contribution in [1.29, 1.82) is 0 Å². The number of nitrogens with one attached hydrogen (secondary N) is 1. The number of carboxylic acid groups (broad SMARTS) is 2. The lowest BCUT2D eigenvalue weighted by Gasteiger charge is -2.19. The Bertz CT molecular complexity index is 1000. The molecule has 0 fully saturated rings. The minimum absolute atomic E-state index is 0.0688. The molecule has 0 rings (SSSR count). The van der Waals surface area contributed by atoms with Gasteiger partial charge in [0.25, 0.3) is 0 Å². The SMILES string of the molecule is C=CC(=O)C[C@@H](CCSC)C(=O)O.C=CC(=O)OCCCC.CCCCOC(=O)C(C)CC(=O)C(CC)C(=O)N[C@H](CCSC)C(=O)O. The van der Waals surface area contributed by atoms with Crippen molar-refractivity contribution in [2.45, 2.75) is 91.5 Å². The maximum absolute atomic E-state index is 12.4. The van der Waals surface area contributed by atoms with Crippen LogP contribution in [-0.4, -0.2) is 94.8 Å². The van der Waals surface area contributed by atoms with E-state index in [1.54, 1.807) is 25.6 Å². The van der Waals surface area contributed by atoms with Gasteiger partial charge in [0.1, 0.15) is 11.8 Å². The first-order valence-electron chi connectivity index (χ1n) is 16.1. The fourth-order valence-corrected chi connectivity index (χ4v) is 4.58. The van der Waals surface area contributed by atoms with E-state index < -0.39 is 47.6 Å². The molecule has 0 aliphatic carbocycles. The van der Waals surface area contributed by atoms with Crippen LogP contribution in [0.25, 0.3) is 0 Å². The second-order valence-corrected chi connectivity index (χ2v) is 12.6. The Morgan fingerprint density at radius 1 is 0.792 bits per heavy atom. The van der Waals surface area contributed by atoms with Crippen LogP contribution in [0.4, 0.5) is 0 Å². The number of ether oxygens (including phenoxy) is 2. The van der Waals surface area contributed by atoms with Gasteiger partial charge in [0, 0.05) is 18.9 Å². The van der Waals surface area contributed by atoms with Crippen LogP contribution < -0.4 is 5.32 Å². The van der Waals surface area contributed by atoms with Gasteiger partial charge < -0.3 is 25.0 Å². The second-order valence-electron chi connectivity index (χ2n) is 10.7. The molecule has 4 atom stereocenters. The number of carbonyl (C=O) groups excluding carboxylic acids is 5. The van der Waals surface area contributed by atoms with Crippen LogP contribution in [0.1, 0.15) is 85.5 Å². The number of allylic oxidation sites excluding steroid dienone is 1. The average Bonchev–Trinajstić information content (AvgIpc) is 3.05. The lowest BCUT2D eigenvalue weighted by molar-refractivity contribution is -0.150. The first-order chi connectivity index (χ1) is 22.7. The molecular formula is C34H57NO11S2. The van der Waals surface area contributed by atoms with Gasteiger partial charge >= 0.3 is 23.9 Å². The van der Waals surface area contributed by atoms with E-state index in [0.717, 1.165) is 31.4 Å². The van der Waals surface area contributed by atoms with Crippen LogP contribution in [-0.2, 0) is 43.0 Å². The Labute approximate surface area is 294 Å². The molecule has 0 aromatic carbocycles. The third kappa shape index (κ3) is 26.9. The standard InChI is InChI=1S/C18H31NO6S.C9H14O3S.C7H12O2/c1-5-7-9-25-18(24)12(3)11-15(20)13(6-2)16(21)19-14(17(22)23)8-10-26-4;1-3-8(10)6-7(9(11)12)4-5-13-2;1-3-5-6-9-7(8)4-2/h12-14H,5-11H2,1-4H3,(H,19,21)(H,22,23);3,7H,1,4-6H2,2H3,(H,11,12);4H,2-3,5-6H2,1H3/t12?,13?,14-;7-;/m11./s1. The third-order valence-corrected chi connectivity index (χ3v) is 7.88. The molecule has 3 N–H and O–H groups in total. The van der Waals surface area contributed by atoms with Crippen LogP contribution in [0.15, 0.2) is 25.3 Å². The Balaban J connectivity index is -0.000000758. The van der Waals surface area contributed by atoms with Gasteiger partial charge in [0.15, 0.2) is 5.78 Å². The predicted molar refractivity (Wildman–Crippen MR) is 191 cm³/mol. The molecule has 276 valence electrons. The minimum Gasteiger partial charge on any atom is -0.481 e. The zero-order valence-corrected chi connectivity index (χ0v) is 31.1. The quantitative estimate of drug-likeness (QED) is 0.0473. The number of unbranched alkanes of at least 4 members (excludes halogenated alkanes) is 2. The molecule has 14 heteroatoms. The van der Waals surface area contributed by atoms with Crippen molar-refractivity contribution in [1.82, 2.24) is 5.32 Å². The molecule has 0 radical (unpaired) electrons. The first kappa shape index (κ1) is 49.3. The number of rotatable bonds is 25. The maximum Gasteiger partial charge on any atom is 0.330 e. The van der Waals surface area contributed by atoms with Gasteiger partial charge in [0.2, 0.25) is 5.91 Å². The normalized spacial score (nSPS) is 12.5. The van der Waals surface area contributed by atoms with Crippen molar-refractivity contribution in [3.8, 4) is 0 Å². The lowest BCUT2D eigenvalue weighted by atomic mass is 9.92. The average molecular weight is 720 g/mol. The molecular weight excluding hydrogens is 663 g/mol. The molecule has 0 spiro atoms. The monoisotopic (exact) mass is 719 g/mol. The highest BCUT2D eigenvalue weighted by Gasteiger charge is 2.31. The second kappa shape index (κ2) is 32.4. The van der Waals surface area contributed by atoms with Crippen LogP contribution >= 0.6 is 23.5 Å². The van der Waals surface area contributed by atoms with Gasteiger partial charge in [-0.05, 0) is 62.2 Å². The van der Waals surface area contributed by atoms with E-state index >= 15 is 0 Å². The number of esters is 2. The van der Waals surface area contributed by atoms with Gasteiger partial charge in [-0.3, -0.25) is 24.0 Å². The van der Waals surface area contributed by atoms with Gasteiger partial charge in [-0.25, -0.2) is 9.59 Å². The molecule has 0 saturated heterocycles. The van der Waals surface area contributed by atoms with Crippen molar-refractivity contribution in [3.63, 3.8) is 0 Å². The number of carboxylic acids is 2. The van der Waals surface area contributed by atoms with E-state index in [9.17, 15) is 38.7 Å². The lowest BCUT2D eigenvalue weighted by Crippen LogP contribution is -2.45. The Kier molecular flexibility index (Phi) is 33.3. The van der Waals surface area contributed by atoms with Gasteiger partial charge in [-0.1, -0.05) is 53.7 Å². The summed E-state index contributed by atoms with van der Waals surface area (Å²) in [7, 11) is 0. The molecule has 0 bridgehead atoms. The summed E-state index contributed by atoms with van der Waals surface area (Å²) >= 11 is 3.06. The van der Waals surface area contributed by atoms with Crippen LogP contribution in [0.2, 0.25) is 0 Å². The molecule has 2 unspecified atom stereocenters. The molecule has 0 aromatic rings. The first-order valence-corrected chi connectivity index (χ1v) is 18.9. The minimum atomic E-state index is -1.12. The summed E-state index contributed by atoms with van der Waals surface area (Å²) in [6, 6.07) is -1.02. The number of carbonyl (C=O) groups is 7. The molecule has 0 heterocycles. The Morgan fingerprint density at radius 3 is 1.77 bits per heavy atom. The number of hydrogen-bond donors (Lipinski definition) is 3. The van der Waals surface area contributed by atoms with E-state index in [4.69, 9.17) is 9.84 Å². The van der Waals surface area contributed by atoms with E-state index in [-0.39, 0.29) is 43.2 Å². The Hall–Kier alpha value is -3.13. The number of aliphatic carboxylic acids is 2. The number of amides is 1. The number of ketones is 2. The molecule has 0 aliphatic rings. The Morgan fingerprint density at radius 2 is 1.33 bits per heavy atom. The van der Waals surface area contributed by atoms with Crippen LogP contribution in [0.5, 0.6) is 0 Å². The topological polar surface area (TPSA) is 190 Å². The van der Waals surface area contributed by atoms with Gasteiger partial charge in [-0.15, -0.1) is 0 Å². The summed E-state index contributed by atoms with van der Waals surface area (Å²) in [6.07, 6.45) is 10.8. The summed E-state index contributed by atoms with van der Waals surface area (Å²) in [5, 5.41) is 20.4. The van der Waals surface area contributed by atoms with E-state index in [2.05, 4.69) is 23.2 Å². The van der Waals surface area contributed by atoms with Gasteiger partial charge in [-0.2, -0.15) is 23.5 Å². The summed E-state index contributed by atoms with van der Waals surface area (Å²) in [5.74, 6) is -4.78. The molecule has 0 saturated carbocycles. The fourth-order valence-electron chi connectivity index (χ4n) is 3.59. The molecule has 0 aromatic heterocycles. The number of Topliss-reactive ketones (excluding diaryl/α,β-unsaturated/α-hetero) is 1. The summed E-state index contributed by atoms with van der Waals surface area (Å²) in [6.45, 7) is 14.7. The number of thioether (sulfide) groups is 2. The molecule has 12 nitrogen and oxygen atoms in total. The summed E-state index contributed by atoms with van der Waals surface area (Å²) in [4.78, 5) is 79.8. The molecule has 48 heavy (non-hydrogen) atoms. The van der Waals surface area contributed by atoms with Crippen molar-refractivity contribution in [3.05, 3.63) is 25.3 Å². The summed E-state index contributed by atoms with van der Waals surface area (Å²) in [5.41, 5.74) is 0. The highest BCUT2D eigenvalue weighted by molar-refractivity contribution is 7.98. The van der Waals surface area contributed by atoms with E-state index in [1.165, 1.54) is 23.9 Å². The zero-order valence-electron chi connectivity index (χ0n) is 29.5. The summed E-state index contributed by atoms with van der Waals surface area (Å²) < 4.78 is 9.76. The highest BCUT2D eigenvalue weighted by atomic mass is 32.2. The van der Waals surface area contributed by atoms with Crippen molar-refractivity contribution >= 4 is 64.9 Å². The maximum atomic E-state index is 12.4. The smallest absolute Gasteiger partial charge is 0.330 e. The highest BCUT2D eigenvalue weighted by Crippen LogP contribution is 2.15. The zero-order chi connectivity index (χ0) is 37.5. The number of hydrogen-bond acceptors (Lipinski definition) is 11. The van der Waals surface area contributed by atoms with Crippen molar-refractivity contribution in [2.24, 2.45) is 17.8 Å². The third-order valence-electron chi connectivity index (χ3n) is 6.59. The van der Waals surface area contributed by atoms with E-state index in [0.29, 0.717) is 25.4 Å². The van der Waals surface area contributed by atoms with E-state index in [1.807, 2.05) is 26.4 Å². The molecule has 1 amide bonds. The van der Waals surface area contributed by atoms with Crippen LogP contribution in [0.3, 0.4) is 0 Å². The van der Waals surface area contributed by atoms with Gasteiger partial charge in [0.05, 0.1) is 31.0 Å². The van der Waals surface area contributed by atoms with Crippen LogP contribution in [0, 0.1) is 17.8 Å². The molecule has 0 aliphatic heterocycles. The van der Waals surface area contributed by atoms with Crippen molar-refractivity contribution < 1.29 is 53.2 Å². The largest absolute Gasteiger partial charge is 0.481 e. The fraction of sp³-hybridized carbons (Fsp3) is 0.676. The van der Waals surface area contributed by atoms with Crippen molar-refractivity contribution in [2.75, 3.05) is 37.2 Å².